The fourth-order valence-electron chi connectivity index (χ4n) is 1.43. The van der Waals surface area contributed by atoms with E-state index in [9.17, 15) is 5.02 Å². The first kappa shape index (κ1) is 9.03. The number of nitrogens with zero attached hydrogens (tertiary/aromatic N) is 1. The van der Waals surface area contributed by atoms with Crippen molar-refractivity contribution in [1.82, 2.24) is 5.32 Å². The Labute approximate surface area is 83.3 Å². The van der Waals surface area contributed by atoms with Crippen LogP contribution in [0.15, 0.2) is 29.8 Å². The molecule has 1 heterocycles. The molecule has 0 aliphatic carbocycles. The van der Waals surface area contributed by atoms with Crippen LogP contribution in [0.25, 0.3) is 5.70 Å². The Hall–Kier alpha value is -1.55. The zero-order valence-corrected chi connectivity index (χ0v) is 7.99. The number of hydrogen-bond donors (Lipinski definition) is 2. The number of fused-ring (bicyclic) bond motifs is 1. The van der Waals surface area contributed by atoms with Gasteiger partial charge in [0.15, 0.2) is 0 Å². The van der Waals surface area contributed by atoms with Crippen LogP contribution < -0.4 is 10.8 Å². The Morgan fingerprint density at radius 1 is 1.50 bits per heavy atom. The van der Waals surface area contributed by atoms with E-state index in [-0.39, 0.29) is 0 Å². The molecule has 1 aromatic carbocycles. The lowest BCUT2D eigenvalue weighted by atomic mass is 9.64. The summed E-state index contributed by atoms with van der Waals surface area (Å²) < 4.78 is 0. The average molecular weight is 186 g/mol. The van der Waals surface area contributed by atoms with Crippen molar-refractivity contribution in [3.05, 3.63) is 30.3 Å². The second-order valence-electron chi connectivity index (χ2n) is 3.33. The van der Waals surface area contributed by atoms with Gasteiger partial charge in [-0.3, -0.25) is 0 Å². The molecule has 0 bridgehead atoms. The normalized spacial score (nSPS) is 13.4. The smallest absolute Gasteiger partial charge is 0.320 e. The van der Waals surface area contributed by atoms with Crippen molar-refractivity contribution in [3.8, 4) is 0 Å². The summed E-state index contributed by atoms with van der Waals surface area (Å²) in [6.45, 7) is 5.15. The van der Waals surface area contributed by atoms with Gasteiger partial charge in [-0.2, -0.15) is 0 Å². The SMILES string of the molecule is C=C1NC=Nc2ccc(B(C)O)cc21. The number of aliphatic imine (C=N–C) groups is 1. The molecule has 1 aliphatic rings. The summed E-state index contributed by atoms with van der Waals surface area (Å²) in [4.78, 5) is 4.17. The third-order valence-electron chi connectivity index (χ3n) is 2.27. The van der Waals surface area contributed by atoms with Crippen molar-refractivity contribution < 1.29 is 5.02 Å². The van der Waals surface area contributed by atoms with Gasteiger partial charge in [-0.1, -0.05) is 25.5 Å². The summed E-state index contributed by atoms with van der Waals surface area (Å²) in [5, 5.41) is 12.4. The first-order chi connectivity index (χ1) is 6.68. The summed E-state index contributed by atoms with van der Waals surface area (Å²) in [6, 6.07) is 5.67. The van der Waals surface area contributed by atoms with E-state index in [0.717, 1.165) is 22.4 Å². The summed E-state index contributed by atoms with van der Waals surface area (Å²) in [5.74, 6) is 0. The van der Waals surface area contributed by atoms with Gasteiger partial charge in [0.05, 0.1) is 12.0 Å². The standard InChI is InChI=1S/C10H11BN2O/c1-7-9-5-8(11(2)14)3-4-10(9)13-6-12-7/h3-6,14H,1H2,2H3,(H,12,13). The van der Waals surface area contributed by atoms with Gasteiger partial charge in [0.1, 0.15) is 0 Å². The maximum atomic E-state index is 9.42. The second-order valence-corrected chi connectivity index (χ2v) is 3.33. The molecule has 70 valence electrons. The van der Waals surface area contributed by atoms with Crippen molar-refractivity contribution in [2.75, 3.05) is 0 Å². The number of benzene rings is 1. The van der Waals surface area contributed by atoms with Gasteiger partial charge in [0, 0.05) is 11.3 Å². The minimum atomic E-state index is -0.459. The third kappa shape index (κ3) is 1.44. The molecule has 0 aromatic heterocycles. The van der Waals surface area contributed by atoms with Crippen LogP contribution in [0.1, 0.15) is 5.56 Å². The highest BCUT2D eigenvalue weighted by molar-refractivity contribution is 6.64. The van der Waals surface area contributed by atoms with Crippen LogP contribution in [0.4, 0.5) is 5.69 Å². The van der Waals surface area contributed by atoms with E-state index >= 15 is 0 Å². The maximum absolute atomic E-state index is 9.42. The molecule has 3 nitrogen and oxygen atoms in total. The summed E-state index contributed by atoms with van der Waals surface area (Å²) in [6.07, 6.45) is 1.62. The Balaban J connectivity index is 2.52. The van der Waals surface area contributed by atoms with E-state index in [1.807, 2.05) is 18.2 Å². The zero-order valence-electron chi connectivity index (χ0n) is 7.99. The minimum absolute atomic E-state index is 0.459. The number of nitrogens with one attached hydrogen (secondary N) is 1. The molecular weight excluding hydrogens is 175 g/mol. The average Bonchev–Trinajstić information content (AvgIpc) is 2.18. The highest BCUT2D eigenvalue weighted by Gasteiger charge is 2.13. The number of hydrogen-bond acceptors (Lipinski definition) is 3. The molecule has 0 amide bonds. The van der Waals surface area contributed by atoms with Crippen molar-refractivity contribution in [2.45, 2.75) is 6.82 Å². The van der Waals surface area contributed by atoms with Crippen LogP contribution >= 0.6 is 0 Å². The summed E-state index contributed by atoms with van der Waals surface area (Å²) in [5.41, 5.74) is 3.53. The molecule has 1 aliphatic heterocycles. The lowest BCUT2D eigenvalue weighted by Gasteiger charge is -2.15. The highest BCUT2D eigenvalue weighted by atomic mass is 16.2. The largest absolute Gasteiger partial charge is 0.447 e. The maximum Gasteiger partial charge on any atom is 0.320 e. The van der Waals surface area contributed by atoms with Gasteiger partial charge in [0.25, 0.3) is 0 Å². The Morgan fingerprint density at radius 3 is 3.00 bits per heavy atom. The van der Waals surface area contributed by atoms with Crippen LogP contribution in [0, 0.1) is 0 Å². The summed E-state index contributed by atoms with van der Waals surface area (Å²) >= 11 is 0. The van der Waals surface area contributed by atoms with E-state index in [1.54, 1.807) is 13.2 Å². The predicted octanol–water partition coefficient (Wildman–Crippen LogP) is 0.741. The van der Waals surface area contributed by atoms with Crippen LogP contribution in [-0.2, 0) is 0 Å². The van der Waals surface area contributed by atoms with Crippen LogP contribution in [0.5, 0.6) is 0 Å². The Bertz CT molecular complexity index is 413. The predicted molar refractivity (Wildman–Crippen MR) is 60.2 cm³/mol. The fraction of sp³-hybridized carbons (Fsp3) is 0.100. The van der Waals surface area contributed by atoms with E-state index in [1.165, 1.54) is 0 Å². The molecule has 4 heteroatoms. The zero-order chi connectivity index (χ0) is 10.1. The van der Waals surface area contributed by atoms with Gasteiger partial charge in [-0.05, 0) is 11.5 Å². The van der Waals surface area contributed by atoms with Crippen molar-refractivity contribution >= 4 is 30.1 Å². The van der Waals surface area contributed by atoms with E-state index in [0.29, 0.717) is 0 Å². The lowest BCUT2D eigenvalue weighted by Crippen LogP contribution is -2.27. The van der Waals surface area contributed by atoms with Gasteiger partial charge in [-0.15, -0.1) is 0 Å². The van der Waals surface area contributed by atoms with Crippen molar-refractivity contribution in [3.63, 3.8) is 0 Å². The third-order valence-corrected chi connectivity index (χ3v) is 2.27. The van der Waals surface area contributed by atoms with E-state index in [4.69, 9.17) is 0 Å². The van der Waals surface area contributed by atoms with Gasteiger partial charge in [0.2, 0.25) is 0 Å². The molecule has 0 atom stereocenters. The molecule has 0 fully saturated rings. The van der Waals surface area contributed by atoms with Gasteiger partial charge in [-0.25, -0.2) is 4.99 Å². The first-order valence-electron chi connectivity index (χ1n) is 4.49. The minimum Gasteiger partial charge on any atom is -0.447 e. The molecule has 1 aromatic rings. The molecule has 0 radical (unpaired) electrons. The monoisotopic (exact) mass is 186 g/mol. The number of rotatable bonds is 1. The highest BCUT2D eigenvalue weighted by Crippen LogP contribution is 2.24. The van der Waals surface area contributed by atoms with Crippen molar-refractivity contribution in [2.24, 2.45) is 4.99 Å². The second kappa shape index (κ2) is 3.31. The molecule has 0 spiro atoms. The fourth-order valence-corrected chi connectivity index (χ4v) is 1.43. The Morgan fingerprint density at radius 2 is 2.29 bits per heavy atom. The molecule has 0 saturated carbocycles. The van der Waals surface area contributed by atoms with E-state index in [2.05, 4.69) is 16.9 Å². The lowest BCUT2D eigenvalue weighted by molar-refractivity contribution is 0.594. The van der Waals surface area contributed by atoms with Gasteiger partial charge < -0.3 is 10.3 Å². The molecule has 0 saturated heterocycles. The van der Waals surface area contributed by atoms with Crippen LogP contribution in [-0.4, -0.2) is 18.3 Å². The molecule has 2 rings (SSSR count). The molecular formula is C10H11BN2O. The van der Waals surface area contributed by atoms with Gasteiger partial charge >= 0.3 is 6.92 Å². The quantitative estimate of drug-likeness (QED) is 0.635. The van der Waals surface area contributed by atoms with Crippen LogP contribution in [0.3, 0.4) is 0 Å². The molecule has 0 unspecified atom stereocenters. The molecule has 14 heavy (non-hydrogen) atoms. The molecule has 2 N–H and O–H groups in total. The summed E-state index contributed by atoms with van der Waals surface area (Å²) in [7, 11) is 0. The van der Waals surface area contributed by atoms with Crippen molar-refractivity contribution in [1.29, 1.82) is 0 Å². The van der Waals surface area contributed by atoms with Crippen LogP contribution in [0.2, 0.25) is 6.82 Å². The topological polar surface area (TPSA) is 44.6 Å². The van der Waals surface area contributed by atoms with E-state index < -0.39 is 6.92 Å². The first-order valence-corrected chi connectivity index (χ1v) is 4.49. The Kier molecular flexibility index (Phi) is 2.13.